The average molecular weight is 567 g/mol. The number of halogens is 3. The van der Waals surface area contributed by atoms with E-state index in [4.69, 9.17) is 21.1 Å². The lowest BCUT2D eigenvalue weighted by molar-refractivity contribution is -0.123. The molecule has 0 heterocycles. The van der Waals surface area contributed by atoms with Crippen LogP contribution in [0, 0.1) is 0 Å². The second kappa shape index (κ2) is 11.1. The van der Waals surface area contributed by atoms with Crippen molar-refractivity contribution in [3.05, 3.63) is 91.8 Å². The molecule has 0 fully saturated rings. The first-order valence-electron chi connectivity index (χ1n) is 8.88. The molecule has 0 radical (unpaired) electrons. The molecule has 0 saturated heterocycles. The first-order valence-corrected chi connectivity index (χ1v) is 10.8. The quantitative estimate of drug-likeness (QED) is 0.175. The summed E-state index contributed by atoms with van der Waals surface area (Å²) in [4.78, 5) is 24.3. The van der Waals surface area contributed by atoms with Crippen molar-refractivity contribution in [2.75, 3.05) is 6.61 Å². The zero-order chi connectivity index (χ0) is 22.2. The third kappa shape index (κ3) is 7.20. The predicted molar refractivity (Wildman–Crippen MR) is 126 cm³/mol. The van der Waals surface area contributed by atoms with Crippen LogP contribution in [0.4, 0.5) is 0 Å². The van der Waals surface area contributed by atoms with E-state index in [1.54, 1.807) is 66.7 Å². The number of amides is 1. The minimum Gasteiger partial charge on any atom is -0.484 e. The zero-order valence-electron chi connectivity index (χ0n) is 15.8. The van der Waals surface area contributed by atoms with Gasteiger partial charge in [-0.1, -0.05) is 43.5 Å². The summed E-state index contributed by atoms with van der Waals surface area (Å²) in [7, 11) is 0. The van der Waals surface area contributed by atoms with E-state index in [-0.39, 0.29) is 6.61 Å². The summed E-state index contributed by atoms with van der Waals surface area (Å²) in [5.74, 6) is -0.149. The van der Waals surface area contributed by atoms with Gasteiger partial charge >= 0.3 is 5.97 Å². The third-order valence-electron chi connectivity index (χ3n) is 3.83. The molecule has 3 aromatic carbocycles. The highest BCUT2D eigenvalue weighted by molar-refractivity contribution is 9.10. The van der Waals surface area contributed by atoms with Gasteiger partial charge in [-0.25, -0.2) is 10.2 Å². The van der Waals surface area contributed by atoms with Crippen LogP contribution in [0.1, 0.15) is 15.9 Å². The topological polar surface area (TPSA) is 77.0 Å². The molecule has 0 saturated carbocycles. The molecule has 1 N–H and O–H groups in total. The summed E-state index contributed by atoms with van der Waals surface area (Å²) in [6.07, 6.45) is 1.38. The fourth-order valence-electron chi connectivity index (χ4n) is 2.34. The Bertz CT molecular complexity index is 1100. The van der Waals surface area contributed by atoms with Gasteiger partial charge in [-0.15, -0.1) is 0 Å². The van der Waals surface area contributed by atoms with Crippen LogP contribution in [0.5, 0.6) is 11.5 Å². The summed E-state index contributed by atoms with van der Waals surface area (Å²) < 4.78 is 12.5. The summed E-state index contributed by atoms with van der Waals surface area (Å²) in [6, 6.07) is 18.5. The maximum absolute atomic E-state index is 12.4. The van der Waals surface area contributed by atoms with E-state index in [9.17, 15) is 9.59 Å². The van der Waals surface area contributed by atoms with Crippen molar-refractivity contribution in [2.24, 2.45) is 5.10 Å². The molecule has 3 aromatic rings. The van der Waals surface area contributed by atoms with Gasteiger partial charge in [-0.05, 0) is 66.7 Å². The van der Waals surface area contributed by atoms with Crippen LogP contribution in [0.3, 0.4) is 0 Å². The normalized spacial score (nSPS) is 10.7. The van der Waals surface area contributed by atoms with Gasteiger partial charge in [0.2, 0.25) is 0 Å². The molecule has 0 aliphatic heterocycles. The van der Waals surface area contributed by atoms with Crippen LogP contribution < -0.4 is 14.9 Å². The second-order valence-electron chi connectivity index (χ2n) is 6.11. The number of carbonyl (C=O) groups is 2. The number of benzene rings is 3. The smallest absolute Gasteiger partial charge is 0.343 e. The van der Waals surface area contributed by atoms with Gasteiger partial charge in [0, 0.05) is 19.5 Å². The van der Waals surface area contributed by atoms with Crippen molar-refractivity contribution >= 4 is 61.6 Å². The SMILES string of the molecule is O=C(COc1ccc(Cl)cc1)N/N=C/c1cc(Br)ccc1OC(=O)c1ccc(Br)cc1. The number of hydrogen-bond acceptors (Lipinski definition) is 5. The largest absolute Gasteiger partial charge is 0.484 e. The highest BCUT2D eigenvalue weighted by Gasteiger charge is 2.12. The third-order valence-corrected chi connectivity index (χ3v) is 5.10. The van der Waals surface area contributed by atoms with Crippen molar-refractivity contribution < 1.29 is 19.1 Å². The summed E-state index contributed by atoms with van der Waals surface area (Å²) in [5, 5.41) is 4.49. The van der Waals surface area contributed by atoms with Gasteiger partial charge in [-0.3, -0.25) is 4.79 Å². The fourth-order valence-corrected chi connectivity index (χ4v) is 3.11. The maximum atomic E-state index is 12.4. The van der Waals surface area contributed by atoms with Gasteiger partial charge < -0.3 is 9.47 Å². The molecule has 158 valence electrons. The van der Waals surface area contributed by atoms with Crippen molar-refractivity contribution in [3.63, 3.8) is 0 Å². The molecule has 0 spiro atoms. The monoisotopic (exact) mass is 564 g/mol. The molecular weight excluding hydrogens is 552 g/mol. The van der Waals surface area contributed by atoms with E-state index in [2.05, 4.69) is 42.4 Å². The number of esters is 1. The number of hydrazone groups is 1. The minimum absolute atomic E-state index is 0.219. The van der Waals surface area contributed by atoms with E-state index in [1.165, 1.54) is 6.21 Å². The Kier molecular flexibility index (Phi) is 8.22. The fraction of sp³-hybridized carbons (Fsp3) is 0.0455. The average Bonchev–Trinajstić information content (AvgIpc) is 2.75. The first-order chi connectivity index (χ1) is 14.9. The molecule has 31 heavy (non-hydrogen) atoms. The molecule has 3 rings (SSSR count). The van der Waals surface area contributed by atoms with Crippen LogP contribution in [-0.4, -0.2) is 24.7 Å². The molecule has 0 unspecified atom stereocenters. The summed E-state index contributed by atoms with van der Waals surface area (Å²) in [5.41, 5.74) is 3.27. The molecule has 0 aromatic heterocycles. The van der Waals surface area contributed by atoms with Gasteiger partial charge in [0.05, 0.1) is 11.8 Å². The van der Waals surface area contributed by atoms with E-state index < -0.39 is 11.9 Å². The highest BCUT2D eigenvalue weighted by Crippen LogP contribution is 2.23. The van der Waals surface area contributed by atoms with Crippen LogP contribution in [0.25, 0.3) is 0 Å². The van der Waals surface area contributed by atoms with Crippen molar-refractivity contribution in [2.45, 2.75) is 0 Å². The first kappa shape index (κ1) is 23.0. The zero-order valence-corrected chi connectivity index (χ0v) is 19.8. The Morgan fingerprint density at radius 3 is 2.35 bits per heavy atom. The maximum Gasteiger partial charge on any atom is 0.343 e. The standard InChI is InChI=1S/C22H15Br2ClN2O4/c23-16-3-1-14(2-4-16)22(29)31-20-10-5-17(24)11-15(20)12-26-27-21(28)13-30-19-8-6-18(25)7-9-19/h1-12H,13H2,(H,27,28)/b26-12+. The molecular formula is C22H15Br2ClN2O4. The van der Waals surface area contributed by atoms with Crippen molar-refractivity contribution in [3.8, 4) is 11.5 Å². The van der Waals surface area contributed by atoms with Crippen LogP contribution in [0.15, 0.2) is 80.8 Å². The van der Waals surface area contributed by atoms with Crippen molar-refractivity contribution in [1.82, 2.24) is 5.43 Å². The molecule has 6 nitrogen and oxygen atoms in total. The summed E-state index contributed by atoms with van der Waals surface area (Å²) in [6.45, 7) is -0.219. The number of carbonyl (C=O) groups excluding carboxylic acids is 2. The van der Waals surface area contributed by atoms with Crippen LogP contribution in [0.2, 0.25) is 5.02 Å². The second-order valence-corrected chi connectivity index (χ2v) is 8.38. The van der Waals surface area contributed by atoms with Gasteiger partial charge in [0.25, 0.3) is 5.91 Å². The molecule has 9 heteroatoms. The number of nitrogens with zero attached hydrogens (tertiary/aromatic N) is 1. The van der Waals surface area contributed by atoms with Gasteiger partial charge in [-0.2, -0.15) is 5.10 Å². The Balaban J connectivity index is 1.61. The van der Waals surface area contributed by atoms with Crippen molar-refractivity contribution in [1.29, 1.82) is 0 Å². The Morgan fingerprint density at radius 2 is 1.65 bits per heavy atom. The lowest BCUT2D eigenvalue weighted by Crippen LogP contribution is -2.24. The van der Waals surface area contributed by atoms with Gasteiger partial charge in [0.1, 0.15) is 11.5 Å². The van der Waals surface area contributed by atoms with Crippen LogP contribution in [-0.2, 0) is 4.79 Å². The van der Waals surface area contributed by atoms with Crippen LogP contribution >= 0.6 is 43.5 Å². The minimum atomic E-state index is -0.509. The molecule has 0 aliphatic carbocycles. The lowest BCUT2D eigenvalue weighted by atomic mass is 10.2. The Morgan fingerprint density at radius 1 is 0.968 bits per heavy atom. The summed E-state index contributed by atoms with van der Waals surface area (Å²) >= 11 is 12.5. The number of ether oxygens (including phenoxy) is 2. The molecule has 0 aliphatic rings. The Labute approximate surface area is 200 Å². The number of rotatable bonds is 7. The van der Waals surface area contributed by atoms with E-state index >= 15 is 0 Å². The number of nitrogens with one attached hydrogen (secondary N) is 1. The van der Waals surface area contributed by atoms with Gasteiger partial charge in [0.15, 0.2) is 6.61 Å². The molecule has 1 amide bonds. The Hall–Kier alpha value is -2.68. The van der Waals surface area contributed by atoms with E-state index in [0.717, 1.165) is 8.95 Å². The molecule has 0 atom stereocenters. The molecule has 0 bridgehead atoms. The lowest BCUT2D eigenvalue weighted by Gasteiger charge is -2.08. The van der Waals surface area contributed by atoms with E-state index in [0.29, 0.717) is 27.6 Å². The van der Waals surface area contributed by atoms with E-state index in [1.807, 2.05) is 0 Å². The highest BCUT2D eigenvalue weighted by atomic mass is 79.9. The predicted octanol–water partition coefficient (Wildman–Crippen LogP) is 5.61. The number of hydrogen-bond donors (Lipinski definition) is 1.